The summed E-state index contributed by atoms with van der Waals surface area (Å²) in [6, 6.07) is 41.6. The number of carbonyl (C=O) groups is 2. The van der Waals surface area contributed by atoms with Gasteiger partial charge in [0.2, 0.25) is 0 Å². The molecule has 254 valence electrons. The molecule has 0 unspecified atom stereocenters. The van der Waals surface area contributed by atoms with Crippen molar-refractivity contribution in [2.75, 3.05) is 13.1 Å². The fourth-order valence-electron chi connectivity index (χ4n) is 5.46. The molecule has 0 amide bonds. The Balaban J connectivity index is 0.00000541. The summed E-state index contributed by atoms with van der Waals surface area (Å²) in [5.74, 6) is -0.0630. The predicted molar refractivity (Wildman–Crippen MR) is 195 cm³/mol. The van der Waals surface area contributed by atoms with Gasteiger partial charge in [0.1, 0.15) is 24.7 Å². The van der Waals surface area contributed by atoms with Crippen molar-refractivity contribution in [3.05, 3.63) is 155 Å². The number of unbranched alkanes of at least 4 members (excludes halogenated alkanes) is 1. The highest BCUT2D eigenvalue weighted by molar-refractivity contribution is 5.87. The zero-order valence-corrected chi connectivity index (χ0v) is 28.2. The lowest BCUT2D eigenvalue weighted by Gasteiger charge is -2.23. The minimum atomic E-state index is -0.949. The van der Waals surface area contributed by atoms with Crippen LogP contribution in [-0.4, -0.2) is 40.1 Å². The lowest BCUT2D eigenvalue weighted by atomic mass is 10.0. The molecule has 0 aliphatic carbocycles. The van der Waals surface area contributed by atoms with Crippen LogP contribution in [0.15, 0.2) is 127 Å². The van der Waals surface area contributed by atoms with Gasteiger partial charge in [-0.05, 0) is 89.5 Å². The van der Waals surface area contributed by atoms with Gasteiger partial charge in [0.05, 0.1) is 5.56 Å². The number of hydrogen-bond donors (Lipinski definition) is 2. The SMILES string of the molecule is Cl.O=C(O)CCCCN(CCc1ccccc1OCc1ccc(-c2ccc(OCc3ccccc3)cc2)cc1)Cc1ccc(C(=O)O)cc1. The second kappa shape index (κ2) is 19.0. The molecule has 0 saturated carbocycles. The molecule has 2 N–H and O–H groups in total. The Morgan fingerprint density at radius 3 is 1.86 bits per heavy atom. The molecular weight excluding hydrogens is 638 g/mol. The Kier molecular flexibility index (Phi) is 14.3. The average molecular weight is 680 g/mol. The summed E-state index contributed by atoms with van der Waals surface area (Å²) in [6.07, 6.45) is 2.28. The quantitative estimate of drug-likeness (QED) is 0.0893. The predicted octanol–water partition coefficient (Wildman–Crippen LogP) is 8.93. The summed E-state index contributed by atoms with van der Waals surface area (Å²) < 4.78 is 12.2. The van der Waals surface area contributed by atoms with Gasteiger partial charge in [-0.1, -0.05) is 97.1 Å². The molecule has 0 atom stereocenters. The van der Waals surface area contributed by atoms with Crippen LogP contribution < -0.4 is 9.47 Å². The zero-order valence-electron chi connectivity index (χ0n) is 27.4. The molecule has 5 rings (SSSR count). The van der Waals surface area contributed by atoms with Crippen molar-refractivity contribution in [2.45, 2.75) is 45.4 Å². The van der Waals surface area contributed by atoms with Crippen LogP contribution in [0, 0.1) is 0 Å². The number of rotatable bonds is 18. The summed E-state index contributed by atoms with van der Waals surface area (Å²) >= 11 is 0. The number of carboxylic acid groups (broad SMARTS) is 2. The maximum absolute atomic E-state index is 11.3. The third kappa shape index (κ3) is 11.8. The Hall–Kier alpha value is -5.11. The number of ether oxygens (including phenoxy) is 2. The van der Waals surface area contributed by atoms with Gasteiger partial charge in [-0.15, -0.1) is 12.4 Å². The van der Waals surface area contributed by atoms with E-state index in [1.165, 1.54) is 0 Å². The number of carboxylic acids is 2. The first-order valence-corrected chi connectivity index (χ1v) is 16.3. The lowest BCUT2D eigenvalue weighted by molar-refractivity contribution is -0.137. The highest BCUT2D eigenvalue weighted by Crippen LogP contribution is 2.25. The van der Waals surface area contributed by atoms with Crippen LogP contribution in [0.25, 0.3) is 11.1 Å². The fraction of sp³-hybridized carbons (Fsp3) is 0.220. The van der Waals surface area contributed by atoms with E-state index >= 15 is 0 Å². The first kappa shape index (κ1) is 36.7. The van der Waals surface area contributed by atoms with Gasteiger partial charge >= 0.3 is 11.9 Å². The lowest BCUT2D eigenvalue weighted by Crippen LogP contribution is -2.27. The number of para-hydroxylation sites is 1. The first-order chi connectivity index (χ1) is 23.4. The number of aromatic carboxylic acids is 1. The van der Waals surface area contributed by atoms with E-state index in [0.717, 1.165) is 70.8 Å². The van der Waals surface area contributed by atoms with Crippen LogP contribution >= 0.6 is 12.4 Å². The maximum Gasteiger partial charge on any atom is 0.335 e. The molecule has 49 heavy (non-hydrogen) atoms. The Bertz CT molecular complexity index is 1740. The van der Waals surface area contributed by atoms with Crippen molar-refractivity contribution < 1.29 is 29.3 Å². The van der Waals surface area contributed by atoms with E-state index in [0.29, 0.717) is 26.2 Å². The average Bonchev–Trinajstić information content (AvgIpc) is 3.12. The van der Waals surface area contributed by atoms with E-state index in [-0.39, 0.29) is 24.4 Å². The minimum Gasteiger partial charge on any atom is -0.489 e. The van der Waals surface area contributed by atoms with Crippen molar-refractivity contribution in [3.8, 4) is 22.6 Å². The number of nitrogens with zero attached hydrogens (tertiary/aromatic N) is 1. The smallest absolute Gasteiger partial charge is 0.335 e. The van der Waals surface area contributed by atoms with Crippen LogP contribution in [0.2, 0.25) is 0 Å². The fourth-order valence-corrected chi connectivity index (χ4v) is 5.46. The minimum absolute atomic E-state index is 0. The van der Waals surface area contributed by atoms with Crippen LogP contribution in [0.1, 0.15) is 51.9 Å². The van der Waals surface area contributed by atoms with Crippen LogP contribution in [-0.2, 0) is 31.0 Å². The molecule has 0 spiro atoms. The Labute approximate surface area is 294 Å². The highest BCUT2D eigenvalue weighted by atomic mass is 35.5. The van der Waals surface area contributed by atoms with E-state index < -0.39 is 11.9 Å². The van der Waals surface area contributed by atoms with E-state index in [1.54, 1.807) is 12.1 Å². The van der Waals surface area contributed by atoms with Gasteiger partial charge < -0.3 is 19.7 Å². The van der Waals surface area contributed by atoms with Gasteiger partial charge in [0.25, 0.3) is 0 Å². The Morgan fingerprint density at radius 1 is 0.592 bits per heavy atom. The molecule has 0 aliphatic heterocycles. The van der Waals surface area contributed by atoms with E-state index in [9.17, 15) is 14.7 Å². The van der Waals surface area contributed by atoms with Crippen LogP contribution in [0.4, 0.5) is 0 Å². The van der Waals surface area contributed by atoms with Crippen molar-refractivity contribution in [2.24, 2.45) is 0 Å². The second-order valence-corrected chi connectivity index (χ2v) is 11.8. The van der Waals surface area contributed by atoms with Crippen molar-refractivity contribution in [1.82, 2.24) is 4.90 Å². The maximum atomic E-state index is 11.3. The second-order valence-electron chi connectivity index (χ2n) is 11.8. The molecule has 0 heterocycles. The molecule has 0 fully saturated rings. The Morgan fingerprint density at radius 2 is 1.18 bits per heavy atom. The topological polar surface area (TPSA) is 96.3 Å². The normalized spacial score (nSPS) is 10.7. The molecule has 8 heteroatoms. The summed E-state index contributed by atoms with van der Waals surface area (Å²) in [4.78, 5) is 24.6. The molecule has 5 aromatic rings. The van der Waals surface area contributed by atoms with Gasteiger partial charge in [-0.2, -0.15) is 0 Å². The van der Waals surface area contributed by atoms with Crippen molar-refractivity contribution >= 4 is 24.3 Å². The summed E-state index contributed by atoms with van der Waals surface area (Å²) in [5.41, 5.74) is 6.81. The molecule has 0 bridgehead atoms. The highest BCUT2D eigenvalue weighted by Gasteiger charge is 2.11. The molecule has 0 aromatic heterocycles. The molecule has 7 nitrogen and oxygen atoms in total. The van der Waals surface area contributed by atoms with Crippen molar-refractivity contribution in [1.29, 1.82) is 0 Å². The number of halogens is 1. The van der Waals surface area contributed by atoms with E-state index in [1.807, 2.05) is 60.7 Å². The van der Waals surface area contributed by atoms with Crippen LogP contribution in [0.5, 0.6) is 11.5 Å². The number of benzene rings is 5. The van der Waals surface area contributed by atoms with E-state index in [2.05, 4.69) is 59.5 Å². The molecule has 0 aliphatic rings. The van der Waals surface area contributed by atoms with Gasteiger partial charge in [-0.25, -0.2) is 4.79 Å². The molecule has 5 aromatic carbocycles. The summed E-state index contributed by atoms with van der Waals surface area (Å²) in [5, 5.41) is 18.3. The van der Waals surface area contributed by atoms with Crippen molar-refractivity contribution in [3.63, 3.8) is 0 Å². The first-order valence-electron chi connectivity index (χ1n) is 16.3. The standard InChI is InChI=1S/C41H41NO6.ClH/c43-40(44)12-6-7-26-42(28-31-13-19-37(20-14-31)41(45)46)27-25-36-10-4-5-11-39(36)48-30-33-15-17-34(18-16-33)35-21-23-38(24-22-35)47-29-32-8-2-1-3-9-32;/h1-5,8-11,13-24H,6-7,12,25-30H2,(H,43,44)(H,45,46);1H. The van der Waals surface area contributed by atoms with E-state index in [4.69, 9.17) is 14.6 Å². The summed E-state index contributed by atoms with van der Waals surface area (Å²) in [7, 11) is 0. The van der Waals surface area contributed by atoms with Gasteiger partial charge in [0.15, 0.2) is 0 Å². The monoisotopic (exact) mass is 679 g/mol. The molecule has 0 radical (unpaired) electrons. The number of aliphatic carboxylic acids is 1. The summed E-state index contributed by atoms with van der Waals surface area (Å²) in [6.45, 7) is 3.12. The largest absolute Gasteiger partial charge is 0.489 e. The molecule has 0 saturated heterocycles. The zero-order chi connectivity index (χ0) is 33.6. The van der Waals surface area contributed by atoms with Crippen LogP contribution in [0.3, 0.4) is 0 Å². The third-order valence-corrected chi connectivity index (χ3v) is 8.18. The molecular formula is C41H42ClNO6. The van der Waals surface area contributed by atoms with Gasteiger partial charge in [-0.3, -0.25) is 9.69 Å². The number of hydrogen-bond acceptors (Lipinski definition) is 5. The third-order valence-electron chi connectivity index (χ3n) is 8.18. The van der Waals surface area contributed by atoms with Gasteiger partial charge in [0, 0.05) is 19.5 Å².